The Morgan fingerprint density at radius 3 is 2.84 bits per heavy atom. The monoisotopic (exact) mass is 342 g/mol. The van der Waals surface area contributed by atoms with Crippen molar-refractivity contribution in [1.29, 1.82) is 0 Å². The van der Waals surface area contributed by atoms with E-state index in [9.17, 15) is 4.39 Å². The molecular weight excluding hydrogens is 331 g/mol. The molecule has 5 heteroatoms. The summed E-state index contributed by atoms with van der Waals surface area (Å²) in [5, 5.41) is 3.69. The number of aromatic nitrogens is 1. The highest BCUT2D eigenvalue weighted by Crippen LogP contribution is 2.23. The number of nitrogens with zero attached hydrogens (tertiary/aromatic N) is 1. The number of nitrogens with one attached hydrogen (secondary N) is 1. The van der Waals surface area contributed by atoms with Crippen molar-refractivity contribution in [2.45, 2.75) is 19.4 Å². The smallest absolute Gasteiger partial charge is 0.143 e. The molecule has 0 bridgehead atoms. The molecule has 2 rings (SSSR count). The number of hydrogen-bond donors (Lipinski definition) is 1. The van der Waals surface area contributed by atoms with Crippen LogP contribution in [-0.2, 0) is 6.42 Å². The molecule has 1 atom stereocenters. The molecule has 2 aromatic rings. The zero-order valence-corrected chi connectivity index (χ0v) is 12.7. The van der Waals surface area contributed by atoms with Gasteiger partial charge >= 0.3 is 0 Å². The fourth-order valence-electron chi connectivity index (χ4n) is 1.83. The summed E-state index contributed by atoms with van der Waals surface area (Å²) in [6.45, 7) is 1.99. The first-order valence-electron chi connectivity index (χ1n) is 5.87. The zero-order valence-electron chi connectivity index (χ0n) is 10.3. The molecule has 0 fully saturated rings. The minimum absolute atomic E-state index is 0.0896. The predicted molar refractivity (Wildman–Crippen MR) is 80.1 cm³/mol. The van der Waals surface area contributed by atoms with Crippen molar-refractivity contribution >= 4 is 33.2 Å². The fraction of sp³-hybridized carbons (Fsp3) is 0.214. The molecule has 2 nitrogen and oxygen atoms in total. The fourth-order valence-corrected chi connectivity index (χ4v) is 2.28. The van der Waals surface area contributed by atoms with E-state index in [0.29, 0.717) is 17.1 Å². The first kappa shape index (κ1) is 14.3. The number of hydrogen-bond acceptors (Lipinski definition) is 2. The molecule has 0 amide bonds. The van der Waals surface area contributed by atoms with Crippen LogP contribution >= 0.6 is 27.5 Å². The van der Waals surface area contributed by atoms with E-state index in [0.717, 1.165) is 10.2 Å². The number of rotatable bonds is 4. The molecular formula is C14H13BrClFN2. The Morgan fingerprint density at radius 1 is 1.42 bits per heavy atom. The van der Waals surface area contributed by atoms with Gasteiger partial charge in [0.05, 0.1) is 16.4 Å². The summed E-state index contributed by atoms with van der Waals surface area (Å²) in [6.07, 6.45) is 2.26. The van der Waals surface area contributed by atoms with Crippen molar-refractivity contribution in [3.05, 3.63) is 57.5 Å². The Bertz CT molecular complexity index is 577. The lowest BCUT2D eigenvalue weighted by atomic mass is 10.1. The van der Waals surface area contributed by atoms with Crippen molar-refractivity contribution < 1.29 is 4.39 Å². The van der Waals surface area contributed by atoms with Gasteiger partial charge in [0.2, 0.25) is 0 Å². The second kappa shape index (κ2) is 6.35. The van der Waals surface area contributed by atoms with E-state index in [2.05, 4.69) is 26.2 Å². The van der Waals surface area contributed by atoms with Crippen LogP contribution in [0, 0.1) is 5.82 Å². The van der Waals surface area contributed by atoms with Crippen LogP contribution in [0.15, 0.2) is 41.0 Å². The summed E-state index contributed by atoms with van der Waals surface area (Å²) in [5.41, 5.74) is 1.55. The van der Waals surface area contributed by atoms with Crippen LogP contribution < -0.4 is 5.32 Å². The third-order valence-electron chi connectivity index (χ3n) is 2.69. The maximum atomic E-state index is 13.5. The van der Waals surface area contributed by atoms with Gasteiger partial charge in [0.25, 0.3) is 0 Å². The van der Waals surface area contributed by atoms with Crippen LogP contribution in [0.25, 0.3) is 0 Å². The lowest BCUT2D eigenvalue weighted by Crippen LogP contribution is -2.18. The topological polar surface area (TPSA) is 24.9 Å². The molecule has 100 valence electrons. The SMILES string of the molecule is CC(Cc1ccccc1F)Nc1cnc(Cl)c(Br)c1. The zero-order chi connectivity index (χ0) is 13.8. The molecule has 0 aliphatic rings. The van der Waals surface area contributed by atoms with Gasteiger partial charge in [-0.25, -0.2) is 9.37 Å². The van der Waals surface area contributed by atoms with E-state index in [-0.39, 0.29) is 11.9 Å². The van der Waals surface area contributed by atoms with Gasteiger partial charge < -0.3 is 5.32 Å². The van der Waals surface area contributed by atoms with Crippen molar-refractivity contribution in [3.8, 4) is 0 Å². The lowest BCUT2D eigenvalue weighted by Gasteiger charge is -2.15. The van der Waals surface area contributed by atoms with Crippen molar-refractivity contribution in [1.82, 2.24) is 4.98 Å². The van der Waals surface area contributed by atoms with Crippen LogP contribution in [0.4, 0.5) is 10.1 Å². The molecule has 0 radical (unpaired) electrons. The Labute approximate surface area is 125 Å². The molecule has 1 aromatic heterocycles. The first-order valence-corrected chi connectivity index (χ1v) is 7.04. The Balaban J connectivity index is 2.03. The van der Waals surface area contributed by atoms with Crippen LogP contribution in [0.1, 0.15) is 12.5 Å². The van der Waals surface area contributed by atoms with Crippen molar-refractivity contribution in [2.24, 2.45) is 0 Å². The largest absolute Gasteiger partial charge is 0.381 e. The van der Waals surface area contributed by atoms with E-state index in [1.165, 1.54) is 6.07 Å². The van der Waals surface area contributed by atoms with Gasteiger partial charge in [-0.1, -0.05) is 29.8 Å². The van der Waals surface area contributed by atoms with Gasteiger partial charge in [0.15, 0.2) is 0 Å². The summed E-state index contributed by atoms with van der Waals surface area (Å²) in [5.74, 6) is -0.174. The highest BCUT2D eigenvalue weighted by atomic mass is 79.9. The highest BCUT2D eigenvalue weighted by Gasteiger charge is 2.08. The number of benzene rings is 1. The van der Waals surface area contributed by atoms with Crippen molar-refractivity contribution in [3.63, 3.8) is 0 Å². The summed E-state index contributed by atoms with van der Waals surface area (Å²) in [4.78, 5) is 4.04. The second-order valence-corrected chi connectivity index (χ2v) is 5.55. The Morgan fingerprint density at radius 2 is 2.16 bits per heavy atom. The maximum absolute atomic E-state index is 13.5. The molecule has 1 unspecified atom stereocenters. The molecule has 1 N–H and O–H groups in total. The van der Waals surface area contributed by atoms with Gasteiger partial charge in [-0.15, -0.1) is 0 Å². The van der Waals surface area contributed by atoms with Crippen LogP contribution in [0.5, 0.6) is 0 Å². The summed E-state index contributed by atoms with van der Waals surface area (Å²) >= 11 is 9.15. The van der Waals surface area contributed by atoms with Crippen LogP contribution in [0.2, 0.25) is 5.15 Å². The molecule has 1 aromatic carbocycles. The van der Waals surface area contributed by atoms with Crippen LogP contribution in [-0.4, -0.2) is 11.0 Å². The molecule has 0 saturated carbocycles. The van der Waals surface area contributed by atoms with Gasteiger partial charge in [0, 0.05) is 6.04 Å². The lowest BCUT2D eigenvalue weighted by molar-refractivity contribution is 0.601. The average Bonchev–Trinajstić information content (AvgIpc) is 2.37. The van der Waals surface area contributed by atoms with E-state index in [1.54, 1.807) is 18.3 Å². The molecule has 0 aliphatic heterocycles. The van der Waals surface area contributed by atoms with E-state index >= 15 is 0 Å². The molecule has 1 heterocycles. The predicted octanol–water partition coefficient (Wildman–Crippen LogP) is 4.68. The van der Waals surface area contributed by atoms with Gasteiger partial charge in [-0.2, -0.15) is 0 Å². The highest BCUT2D eigenvalue weighted by molar-refractivity contribution is 9.10. The van der Waals surface area contributed by atoms with E-state index in [1.807, 2.05) is 19.1 Å². The van der Waals surface area contributed by atoms with Gasteiger partial charge in [0.1, 0.15) is 11.0 Å². The number of anilines is 1. The molecule has 0 saturated heterocycles. The summed E-state index contributed by atoms with van der Waals surface area (Å²) < 4.78 is 14.3. The van der Waals surface area contributed by atoms with Gasteiger partial charge in [-0.3, -0.25) is 0 Å². The maximum Gasteiger partial charge on any atom is 0.143 e. The third-order valence-corrected chi connectivity index (χ3v) is 3.83. The molecule has 0 aliphatic carbocycles. The van der Waals surface area contributed by atoms with E-state index in [4.69, 9.17) is 11.6 Å². The molecule has 19 heavy (non-hydrogen) atoms. The minimum Gasteiger partial charge on any atom is -0.381 e. The quantitative estimate of drug-likeness (QED) is 0.815. The third kappa shape index (κ3) is 3.91. The molecule has 0 spiro atoms. The second-order valence-electron chi connectivity index (χ2n) is 4.34. The normalized spacial score (nSPS) is 12.2. The Hall–Kier alpha value is -1.13. The van der Waals surface area contributed by atoms with Crippen molar-refractivity contribution in [2.75, 3.05) is 5.32 Å². The average molecular weight is 344 g/mol. The van der Waals surface area contributed by atoms with Gasteiger partial charge in [-0.05, 0) is 47.0 Å². The minimum atomic E-state index is -0.174. The first-order chi connectivity index (χ1) is 9.06. The number of pyridine rings is 1. The summed E-state index contributed by atoms with van der Waals surface area (Å²) in [6, 6.07) is 8.74. The standard InChI is InChI=1S/C14H13BrClFN2/c1-9(6-10-4-2-3-5-13(10)17)19-11-7-12(15)14(16)18-8-11/h2-5,7-9,19H,6H2,1H3. The van der Waals surface area contributed by atoms with E-state index < -0.39 is 0 Å². The number of halogens is 3. The Kier molecular flexibility index (Phi) is 4.77. The van der Waals surface area contributed by atoms with Crippen LogP contribution in [0.3, 0.4) is 0 Å². The summed E-state index contributed by atoms with van der Waals surface area (Å²) in [7, 11) is 0.